The normalized spacial score (nSPS) is 40.6. The largest absolute Gasteiger partial charge is 0.480 e. The maximum atomic E-state index is 10.5. The molecule has 3 nitrogen and oxygen atoms in total. The maximum Gasteiger partial charge on any atom is 0.320 e. The van der Waals surface area contributed by atoms with Crippen molar-refractivity contribution in [3.63, 3.8) is 0 Å². The summed E-state index contributed by atoms with van der Waals surface area (Å²) in [5.41, 5.74) is 5.46. The topological polar surface area (TPSA) is 63.3 Å². The lowest BCUT2D eigenvalue weighted by atomic mass is 9.95. The third-order valence-corrected chi connectivity index (χ3v) is 3.25. The standard InChI is InChI=1S/C9H15NO2/c10-8(9(11)12)3-5-1-6-4-7(6)2-5/h5-8H,1-4,10H2,(H,11,12). The molecule has 3 heteroatoms. The van der Waals surface area contributed by atoms with Gasteiger partial charge in [-0.05, 0) is 43.4 Å². The van der Waals surface area contributed by atoms with E-state index >= 15 is 0 Å². The first kappa shape index (κ1) is 8.05. The fourth-order valence-electron chi connectivity index (χ4n) is 2.49. The van der Waals surface area contributed by atoms with Crippen LogP contribution in [0.1, 0.15) is 25.7 Å². The van der Waals surface area contributed by atoms with Crippen LogP contribution in [-0.4, -0.2) is 17.1 Å². The average Bonchev–Trinajstić information content (AvgIpc) is 2.59. The van der Waals surface area contributed by atoms with Crippen molar-refractivity contribution >= 4 is 5.97 Å². The van der Waals surface area contributed by atoms with E-state index < -0.39 is 12.0 Å². The van der Waals surface area contributed by atoms with Gasteiger partial charge in [-0.25, -0.2) is 0 Å². The van der Waals surface area contributed by atoms with Gasteiger partial charge in [0.2, 0.25) is 0 Å². The molecule has 0 radical (unpaired) electrons. The minimum absolute atomic E-state index is 0.597. The summed E-state index contributed by atoms with van der Waals surface area (Å²) in [6.45, 7) is 0. The van der Waals surface area contributed by atoms with E-state index in [0.717, 1.165) is 11.8 Å². The van der Waals surface area contributed by atoms with Crippen molar-refractivity contribution in [2.75, 3.05) is 0 Å². The highest BCUT2D eigenvalue weighted by Crippen LogP contribution is 2.55. The molecule has 3 atom stereocenters. The zero-order valence-electron chi connectivity index (χ0n) is 7.07. The Kier molecular flexibility index (Phi) is 1.83. The molecule has 2 aliphatic rings. The molecule has 2 aliphatic carbocycles. The molecule has 68 valence electrons. The molecule has 0 aromatic rings. The minimum Gasteiger partial charge on any atom is -0.480 e. The molecule has 0 aliphatic heterocycles. The Bertz CT molecular complexity index is 195. The third kappa shape index (κ3) is 1.46. The molecule has 0 amide bonds. The molecule has 0 aromatic heterocycles. The van der Waals surface area contributed by atoms with Crippen LogP contribution in [0.15, 0.2) is 0 Å². The summed E-state index contributed by atoms with van der Waals surface area (Å²) in [4.78, 5) is 10.5. The van der Waals surface area contributed by atoms with Gasteiger partial charge in [0.15, 0.2) is 0 Å². The molecule has 0 bridgehead atoms. The van der Waals surface area contributed by atoms with Crippen LogP contribution < -0.4 is 5.73 Å². The van der Waals surface area contributed by atoms with E-state index in [2.05, 4.69) is 0 Å². The molecule has 12 heavy (non-hydrogen) atoms. The van der Waals surface area contributed by atoms with Crippen molar-refractivity contribution in [2.45, 2.75) is 31.7 Å². The van der Waals surface area contributed by atoms with Crippen molar-refractivity contribution in [3.8, 4) is 0 Å². The molecule has 2 fully saturated rings. The third-order valence-electron chi connectivity index (χ3n) is 3.25. The molecular weight excluding hydrogens is 154 g/mol. The summed E-state index contributed by atoms with van der Waals surface area (Å²) in [6.07, 6.45) is 4.53. The van der Waals surface area contributed by atoms with Crippen LogP contribution in [0.5, 0.6) is 0 Å². The fourth-order valence-corrected chi connectivity index (χ4v) is 2.49. The maximum absolute atomic E-state index is 10.5. The smallest absolute Gasteiger partial charge is 0.320 e. The molecule has 3 unspecified atom stereocenters. The quantitative estimate of drug-likeness (QED) is 0.658. The zero-order valence-corrected chi connectivity index (χ0v) is 7.07. The van der Waals surface area contributed by atoms with E-state index in [-0.39, 0.29) is 0 Å². The van der Waals surface area contributed by atoms with Gasteiger partial charge in [0.05, 0.1) is 0 Å². The van der Waals surface area contributed by atoms with Crippen molar-refractivity contribution in [1.82, 2.24) is 0 Å². The average molecular weight is 169 g/mol. The van der Waals surface area contributed by atoms with E-state index in [4.69, 9.17) is 10.8 Å². The number of aliphatic carboxylic acids is 1. The van der Waals surface area contributed by atoms with Crippen LogP contribution in [0.25, 0.3) is 0 Å². The monoisotopic (exact) mass is 169 g/mol. The van der Waals surface area contributed by atoms with Gasteiger partial charge < -0.3 is 10.8 Å². The highest BCUT2D eigenvalue weighted by Gasteiger charge is 2.46. The lowest BCUT2D eigenvalue weighted by Gasteiger charge is -2.13. The lowest BCUT2D eigenvalue weighted by Crippen LogP contribution is -2.32. The number of hydrogen-bond donors (Lipinski definition) is 2. The number of fused-ring (bicyclic) bond motifs is 1. The molecule has 0 aromatic carbocycles. The van der Waals surface area contributed by atoms with Crippen LogP contribution in [0.3, 0.4) is 0 Å². The van der Waals surface area contributed by atoms with E-state index in [0.29, 0.717) is 12.3 Å². The van der Waals surface area contributed by atoms with Gasteiger partial charge in [0.1, 0.15) is 6.04 Å². The number of carboxylic acids is 1. The Balaban J connectivity index is 1.76. The predicted octanol–water partition coefficient (Wildman–Crippen LogP) is 0.834. The number of carboxylic acid groups (broad SMARTS) is 1. The Morgan fingerprint density at radius 3 is 2.50 bits per heavy atom. The van der Waals surface area contributed by atoms with E-state index in [9.17, 15) is 4.79 Å². The van der Waals surface area contributed by atoms with E-state index in [1.165, 1.54) is 19.3 Å². The zero-order chi connectivity index (χ0) is 8.72. The van der Waals surface area contributed by atoms with Gasteiger partial charge in [-0.15, -0.1) is 0 Å². The summed E-state index contributed by atoms with van der Waals surface area (Å²) >= 11 is 0. The summed E-state index contributed by atoms with van der Waals surface area (Å²) < 4.78 is 0. The molecule has 3 N–H and O–H groups in total. The second kappa shape index (κ2) is 2.73. The summed E-state index contributed by atoms with van der Waals surface area (Å²) in [7, 11) is 0. The van der Waals surface area contributed by atoms with Crippen molar-refractivity contribution < 1.29 is 9.90 Å². The Morgan fingerprint density at radius 2 is 2.00 bits per heavy atom. The molecule has 0 heterocycles. The molecular formula is C9H15NO2. The summed E-state index contributed by atoms with van der Waals surface area (Å²) in [5.74, 6) is 1.60. The lowest BCUT2D eigenvalue weighted by molar-refractivity contribution is -0.138. The highest BCUT2D eigenvalue weighted by molar-refractivity contribution is 5.73. The molecule has 2 rings (SSSR count). The van der Waals surface area contributed by atoms with Crippen molar-refractivity contribution in [3.05, 3.63) is 0 Å². The Morgan fingerprint density at radius 1 is 1.42 bits per heavy atom. The summed E-state index contributed by atoms with van der Waals surface area (Å²) in [5, 5.41) is 8.59. The molecule has 2 saturated carbocycles. The van der Waals surface area contributed by atoms with E-state index in [1.54, 1.807) is 0 Å². The molecule has 0 saturated heterocycles. The van der Waals surface area contributed by atoms with Crippen LogP contribution in [0.2, 0.25) is 0 Å². The fraction of sp³-hybridized carbons (Fsp3) is 0.889. The number of nitrogens with two attached hydrogens (primary N) is 1. The number of hydrogen-bond acceptors (Lipinski definition) is 2. The predicted molar refractivity (Wildman–Crippen MR) is 44.5 cm³/mol. The molecule has 0 spiro atoms. The van der Waals surface area contributed by atoms with Crippen molar-refractivity contribution in [2.24, 2.45) is 23.5 Å². The highest BCUT2D eigenvalue weighted by atomic mass is 16.4. The van der Waals surface area contributed by atoms with E-state index in [1.807, 2.05) is 0 Å². The number of rotatable bonds is 3. The Hall–Kier alpha value is -0.570. The first-order valence-corrected chi connectivity index (χ1v) is 4.65. The van der Waals surface area contributed by atoms with Gasteiger partial charge in [-0.1, -0.05) is 0 Å². The number of carbonyl (C=O) groups is 1. The SMILES string of the molecule is NC(CC1CC2CC2C1)C(=O)O. The van der Waals surface area contributed by atoms with Gasteiger partial charge in [0.25, 0.3) is 0 Å². The Labute approximate surface area is 71.9 Å². The second-order valence-corrected chi connectivity index (χ2v) is 4.27. The van der Waals surface area contributed by atoms with Gasteiger partial charge in [-0.2, -0.15) is 0 Å². The first-order valence-electron chi connectivity index (χ1n) is 4.65. The van der Waals surface area contributed by atoms with Crippen LogP contribution in [-0.2, 0) is 4.79 Å². The minimum atomic E-state index is -0.851. The first-order chi connectivity index (χ1) is 5.66. The summed E-state index contributed by atoms with van der Waals surface area (Å²) in [6, 6.07) is -0.632. The van der Waals surface area contributed by atoms with Gasteiger partial charge >= 0.3 is 5.97 Å². The van der Waals surface area contributed by atoms with Gasteiger partial charge in [-0.3, -0.25) is 4.79 Å². The second-order valence-electron chi connectivity index (χ2n) is 4.27. The van der Waals surface area contributed by atoms with Crippen LogP contribution >= 0.6 is 0 Å². The van der Waals surface area contributed by atoms with Crippen LogP contribution in [0.4, 0.5) is 0 Å². The van der Waals surface area contributed by atoms with Gasteiger partial charge in [0, 0.05) is 0 Å². The van der Waals surface area contributed by atoms with Crippen LogP contribution in [0, 0.1) is 17.8 Å². The van der Waals surface area contributed by atoms with Crippen molar-refractivity contribution in [1.29, 1.82) is 0 Å².